The molecule has 156 valence electrons. The quantitative estimate of drug-likeness (QED) is 0.608. The van der Waals surface area contributed by atoms with Crippen LogP contribution < -0.4 is 10.6 Å². The largest absolute Gasteiger partial charge is 0.346 e. The molecule has 1 saturated heterocycles. The Balaban J connectivity index is 1.31. The Bertz CT molecular complexity index is 1020. The van der Waals surface area contributed by atoms with Gasteiger partial charge in [0.15, 0.2) is 0 Å². The summed E-state index contributed by atoms with van der Waals surface area (Å²) in [6.45, 7) is 3.16. The molecule has 3 aromatic rings. The fraction of sp³-hybridized carbons (Fsp3) is 0.348. The molecule has 0 saturated carbocycles. The van der Waals surface area contributed by atoms with Crippen LogP contribution in [-0.2, 0) is 16.0 Å². The van der Waals surface area contributed by atoms with E-state index in [4.69, 9.17) is 4.98 Å². The van der Waals surface area contributed by atoms with Crippen molar-refractivity contribution in [3.05, 3.63) is 59.1 Å². The second kappa shape index (κ2) is 9.36. The molecule has 0 aliphatic carbocycles. The summed E-state index contributed by atoms with van der Waals surface area (Å²) in [4.78, 5) is 31.7. The summed E-state index contributed by atoms with van der Waals surface area (Å²) in [6.07, 6.45) is 2.88. The van der Waals surface area contributed by atoms with Gasteiger partial charge in [-0.25, -0.2) is 4.98 Å². The first-order chi connectivity index (χ1) is 14.6. The smallest absolute Gasteiger partial charge is 0.243 e. The van der Waals surface area contributed by atoms with Gasteiger partial charge in [-0.05, 0) is 49.6 Å². The molecule has 2 heterocycles. The van der Waals surface area contributed by atoms with E-state index in [1.807, 2.05) is 49.4 Å². The number of anilines is 1. The maximum absolute atomic E-state index is 12.5. The van der Waals surface area contributed by atoms with E-state index in [2.05, 4.69) is 21.6 Å². The van der Waals surface area contributed by atoms with Gasteiger partial charge in [0.05, 0.1) is 29.3 Å². The van der Waals surface area contributed by atoms with E-state index in [1.165, 1.54) is 4.70 Å². The lowest BCUT2D eigenvalue weighted by molar-refractivity contribution is -0.125. The van der Waals surface area contributed by atoms with Crippen molar-refractivity contribution in [3.8, 4) is 0 Å². The van der Waals surface area contributed by atoms with Crippen molar-refractivity contribution in [3.63, 3.8) is 0 Å². The average molecular weight is 423 g/mol. The molecule has 0 bridgehead atoms. The second-order valence-corrected chi connectivity index (χ2v) is 8.55. The van der Waals surface area contributed by atoms with E-state index >= 15 is 0 Å². The second-order valence-electron chi connectivity index (χ2n) is 7.48. The Hall–Kier alpha value is -2.77. The molecule has 4 rings (SSSR count). The Morgan fingerprint density at radius 2 is 1.93 bits per heavy atom. The van der Waals surface area contributed by atoms with Crippen molar-refractivity contribution in [1.82, 2.24) is 15.2 Å². The highest BCUT2D eigenvalue weighted by atomic mass is 32.1. The predicted molar refractivity (Wildman–Crippen MR) is 121 cm³/mol. The van der Waals surface area contributed by atoms with Crippen LogP contribution in [0.2, 0.25) is 0 Å². The Labute approximate surface area is 180 Å². The summed E-state index contributed by atoms with van der Waals surface area (Å²) in [5.74, 6) is -0.352. The number of carbonyl (C=O) groups is 2. The van der Waals surface area contributed by atoms with Crippen molar-refractivity contribution in [2.75, 3.05) is 25.0 Å². The lowest BCUT2D eigenvalue weighted by atomic mass is 10.1. The monoisotopic (exact) mass is 422 g/mol. The number of aromatic nitrogens is 1. The first-order valence-electron chi connectivity index (χ1n) is 10.4. The van der Waals surface area contributed by atoms with Crippen molar-refractivity contribution >= 4 is 39.1 Å². The lowest BCUT2D eigenvalue weighted by Crippen LogP contribution is -2.40. The minimum atomic E-state index is -0.214. The van der Waals surface area contributed by atoms with Crippen LogP contribution in [0, 0.1) is 0 Å². The number of hydrogen-bond acceptors (Lipinski definition) is 5. The molecule has 0 spiro atoms. The van der Waals surface area contributed by atoms with E-state index < -0.39 is 0 Å². The van der Waals surface area contributed by atoms with Gasteiger partial charge in [0, 0.05) is 5.69 Å². The molecule has 1 atom stereocenters. The summed E-state index contributed by atoms with van der Waals surface area (Å²) < 4.78 is 1.17. The zero-order valence-corrected chi connectivity index (χ0v) is 17.9. The number of para-hydroxylation sites is 2. The number of thiazole rings is 1. The van der Waals surface area contributed by atoms with Gasteiger partial charge in [-0.3, -0.25) is 14.5 Å². The summed E-state index contributed by atoms with van der Waals surface area (Å²) >= 11 is 1.70. The Kier molecular flexibility index (Phi) is 6.40. The zero-order valence-electron chi connectivity index (χ0n) is 17.1. The number of rotatable bonds is 7. The highest BCUT2D eigenvalue weighted by molar-refractivity contribution is 7.18. The molecule has 2 N–H and O–H groups in total. The van der Waals surface area contributed by atoms with Crippen molar-refractivity contribution < 1.29 is 9.59 Å². The highest BCUT2D eigenvalue weighted by Crippen LogP contribution is 2.36. The molecule has 1 aliphatic rings. The van der Waals surface area contributed by atoms with Crippen molar-refractivity contribution in [1.29, 1.82) is 0 Å². The Morgan fingerprint density at radius 1 is 1.13 bits per heavy atom. The number of carbonyl (C=O) groups excluding carboxylic acids is 2. The summed E-state index contributed by atoms with van der Waals surface area (Å²) in [7, 11) is 0. The fourth-order valence-electron chi connectivity index (χ4n) is 3.89. The van der Waals surface area contributed by atoms with E-state index in [0.29, 0.717) is 0 Å². The molecule has 0 radical (unpaired) electrons. The summed E-state index contributed by atoms with van der Waals surface area (Å²) in [6, 6.07) is 16.0. The zero-order chi connectivity index (χ0) is 20.9. The van der Waals surface area contributed by atoms with Crippen LogP contribution in [0.1, 0.15) is 36.4 Å². The fourth-order valence-corrected chi connectivity index (χ4v) is 5.03. The molecule has 1 aromatic heterocycles. The average Bonchev–Trinajstić information content (AvgIpc) is 3.39. The molecule has 2 amide bonds. The lowest BCUT2D eigenvalue weighted by Gasteiger charge is -2.22. The Morgan fingerprint density at radius 3 is 2.77 bits per heavy atom. The van der Waals surface area contributed by atoms with E-state index in [0.717, 1.165) is 47.6 Å². The number of fused-ring (bicyclic) bond motifs is 1. The van der Waals surface area contributed by atoms with Crippen LogP contribution in [0.5, 0.6) is 0 Å². The molecular formula is C23H26N4O2S. The van der Waals surface area contributed by atoms with Gasteiger partial charge in [0.25, 0.3) is 0 Å². The van der Waals surface area contributed by atoms with Gasteiger partial charge in [0.2, 0.25) is 11.8 Å². The van der Waals surface area contributed by atoms with Gasteiger partial charge >= 0.3 is 0 Å². The number of nitrogens with one attached hydrogen (secondary N) is 2. The first kappa shape index (κ1) is 20.5. The molecule has 1 aliphatic heterocycles. The highest BCUT2D eigenvalue weighted by Gasteiger charge is 2.30. The van der Waals surface area contributed by atoms with Gasteiger partial charge in [-0.2, -0.15) is 0 Å². The van der Waals surface area contributed by atoms with Gasteiger partial charge in [0.1, 0.15) is 5.01 Å². The van der Waals surface area contributed by atoms with Gasteiger partial charge < -0.3 is 10.6 Å². The predicted octanol–water partition coefficient (Wildman–Crippen LogP) is 3.75. The van der Waals surface area contributed by atoms with Crippen LogP contribution in [0.4, 0.5) is 5.69 Å². The summed E-state index contributed by atoms with van der Waals surface area (Å²) in [5, 5.41) is 6.71. The van der Waals surface area contributed by atoms with E-state index in [-0.39, 0.29) is 30.9 Å². The molecular weight excluding hydrogens is 396 g/mol. The molecule has 30 heavy (non-hydrogen) atoms. The van der Waals surface area contributed by atoms with Gasteiger partial charge in [-0.1, -0.05) is 37.3 Å². The number of nitrogens with zero attached hydrogens (tertiary/aromatic N) is 2. The number of benzene rings is 2. The maximum atomic E-state index is 12.5. The van der Waals surface area contributed by atoms with E-state index in [1.54, 1.807) is 11.3 Å². The van der Waals surface area contributed by atoms with Crippen LogP contribution in [0.25, 0.3) is 10.2 Å². The topological polar surface area (TPSA) is 74.3 Å². The maximum Gasteiger partial charge on any atom is 0.243 e. The molecule has 6 nitrogen and oxygen atoms in total. The molecule has 1 fully saturated rings. The first-order valence-corrected chi connectivity index (χ1v) is 11.2. The van der Waals surface area contributed by atoms with E-state index in [9.17, 15) is 9.59 Å². The van der Waals surface area contributed by atoms with Crippen LogP contribution in [0.3, 0.4) is 0 Å². The van der Waals surface area contributed by atoms with Crippen molar-refractivity contribution in [2.45, 2.75) is 32.2 Å². The molecule has 0 unspecified atom stereocenters. The number of aryl methyl sites for hydroxylation is 1. The normalized spacial score (nSPS) is 16.6. The number of likely N-dealkylation sites (tertiary alicyclic amines) is 1. The minimum Gasteiger partial charge on any atom is -0.346 e. The van der Waals surface area contributed by atoms with Crippen LogP contribution in [0.15, 0.2) is 48.5 Å². The third kappa shape index (κ3) is 4.68. The minimum absolute atomic E-state index is 0.0312. The standard InChI is InChI=1S/C23H26N4O2S/c1-2-16-8-3-4-9-17(16)25-21(28)14-24-22(29)15-27-13-7-11-19(27)23-26-18-10-5-6-12-20(18)30-23/h3-6,8-10,12,19H,2,7,11,13-15H2,1H3,(H,24,29)(H,25,28)/t19-/m1/s1. The third-order valence-electron chi connectivity index (χ3n) is 5.42. The SMILES string of the molecule is CCc1ccccc1NC(=O)CNC(=O)CN1CCC[C@@H]1c1nc2ccccc2s1. The summed E-state index contributed by atoms with van der Waals surface area (Å²) in [5.41, 5.74) is 2.89. The number of amides is 2. The van der Waals surface area contributed by atoms with Gasteiger partial charge in [-0.15, -0.1) is 11.3 Å². The molecule has 2 aromatic carbocycles. The molecule has 7 heteroatoms. The van der Waals surface area contributed by atoms with Crippen LogP contribution >= 0.6 is 11.3 Å². The third-order valence-corrected chi connectivity index (χ3v) is 6.56. The van der Waals surface area contributed by atoms with Crippen LogP contribution in [-0.4, -0.2) is 41.3 Å². The number of hydrogen-bond donors (Lipinski definition) is 2. The van der Waals surface area contributed by atoms with Crippen molar-refractivity contribution in [2.24, 2.45) is 0 Å².